The summed E-state index contributed by atoms with van der Waals surface area (Å²) in [5.74, 6) is 1.31. The lowest BCUT2D eigenvalue weighted by Gasteiger charge is -2.46. The van der Waals surface area contributed by atoms with Crippen LogP contribution in [0.1, 0.15) is 20.8 Å². The molecule has 0 radical (unpaired) electrons. The van der Waals surface area contributed by atoms with Crippen LogP contribution in [0.25, 0.3) is 0 Å². The molecule has 7 heteroatoms. The number of carbonyl (C=O) groups is 1. The van der Waals surface area contributed by atoms with Crippen LogP contribution in [-0.2, 0) is 4.74 Å². The summed E-state index contributed by atoms with van der Waals surface area (Å²) in [6, 6.07) is 14.5. The Hall–Kier alpha value is -2.77. The molecule has 0 unspecified atom stereocenters. The number of nitrogens with zero attached hydrogens (tertiary/aromatic N) is 2. The molecule has 0 bridgehead atoms. The predicted molar refractivity (Wildman–Crippen MR) is 109 cm³/mol. The van der Waals surface area contributed by atoms with Gasteiger partial charge in [-0.05, 0) is 45.0 Å². The van der Waals surface area contributed by atoms with Gasteiger partial charge in [0, 0.05) is 6.54 Å². The molecule has 2 aromatic carbocycles. The lowest BCUT2D eigenvalue weighted by atomic mass is 9.96. The van der Waals surface area contributed by atoms with Crippen LogP contribution < -0.4 is 9.64 Å². The Morgan fingerprint density at radius 2 is 1.55 bits per heavy atom. The van der Waals surface area contributed by atoms with E-state index in [0.717, 1.165) is 11.4 Å². The van der Waals surface area contributed by atoms with Gasteiger partial charge in [0.15, 0.2) is 11.5 Å². The van der Waals surface area contributed by atoms with Gasteiger partial charge in [0.05, 0.1) is 30.1 Å². The number of ether oxygens (including phenoxy) is 2. The molecule has 7 nitrogen and oxygen atoms in total. The van der Waals surface area contributed by atoms with Crippen molar-refractivity contribution in [3.63, 3.8) is 0 Å². The summed E-state index contributed by atoms with van der Waals surface area (Å²) in [5, 5.41) is 21.4. The van der Waals surface area contributed by atoms with Crippen molar-refractivity contribution in [3.05, 3.63) is 48.5 Å². The van der Waals surface area contributed by atoms with Crippen LogP contribution in [0.3, 0.4) is 0 Å². The van der Waals surface area contributed by atoms with E-state index in [2.05, 4.69) is 0 Å². The van der Waals surface area contributed by atoms with Crippen LogP contribution in [0.5, 0.6) is 11.5 Å². The summed E-state index contributed by atoms with van der Waals surface area (Å²) in [4.78, 5) is 16.0. The Bertz CT molecular complexity index is 865. The molecule has 1 saturated heterocycles. The molecule has 1 fully saturated rings. The van der Waals surface area contributed by atoms with E-state index in [1.807, 2.05) is 53.4 Å². The highest BCUT2D eigenvalue weighted by Crippen LogP contribution is 2.48. The highest BCUT2D eigenvalue weighted by Gasteiger charge is 2.43. The summed E-state index contributed by atoms with van der Waals surface area (Å²) < 4.78 is 11.5. The third kappa shape index (κ3) is 3.75. The van der Waals surface area contributed by atoms with E-state index in [4.69, 9.17) is 9.47 Å². The van der Waals surface area contributed by atoms with Crippen LogP contribution in [0, 0.1) is 0 Å². The van der Waals surface area contributed by atoms with E-state index in [-0.39, 0.29) is 13.1 Å². The largest absolute Gasteiger partial charge is 0.453 e. The van der Waals surface area contributed by atoms with Gasteiger partial charge in [-0.1, -0.05) is 24.3 Å². The molecule has 0 spiro atoms. The number of likely N-dealkylation sites (tertiary alicyclic amines) is 1. The van der Waals surface area contributed by atoms with Crippen LogP contribution in [-0.4, -0.2) is 58.1 Å². The normalized spacial score (nSPS) is 23.7. The number of para-hydroxylation sites is 4. The average molecular weight is 398 g/mol. The highest BCUT2D eigenvalue weighted by molar-refractivity contribution is 5.79. The van der Waals surface area contributed by atoms with Crippen molar-refractivity contribution in [3.8, 4) is 11.5 Å². The molecule has 0 saturated carbocycles. The predicted octanol–water partition coefficient (Wildman–Crippen LogP) is 3.27. The van der Waals surface area contributed by atoms with Crippen molar-refractivity contribution in [2.45, 2.75) is 44.6 Å². The summed E-state index contributed by atoms with van der Waals surface area (Å²) >= 11 is 0. The van der Waals surface area contributed by atoms with E-state index in [1.54, 1.807) is 20.8 Å². The lowest BCUT2D eigenvalue weighted by Crippen LogP contribution is -2.62. The minimum absolute atomic E-state index is 0.0141. The molecular formula is C22H26N2O5. The third-order valence-electron chi connectivity index (χ3n) is 5.06. The number of aliphatic hydroxyl groups is 2. The number of piperidine rings is 1. The second-order valence-corrected chi connectivity index (χ2v) is 8.42. The van der Waals surface area contributed by atoms with E-state index in [0.29, 0.717) is 11.5 Å². The first-order valence-electron chi connectivity index (χ1n) is 9.74. The van der Waals surface area contributed by atoms with Crippen molar-refractivity contribution in [1.82, 2.24) is 4.90 Å². The van der Waals surface area contributed by atoms with Gasteiger partial charge in [-0.25, -0.2) is 4.79 Å². The fourth-order valence-corrected chi connectivity index (χ4v) is 3.80. The van der Waals surface area contributed by atoms with Crippen LogP contribution in [0.15, 0.2) is 48.5 Å². The Balaban J connectivity index is 1.72. The third-order valence-corrected chi connectivity index (χ3v) is 5.06. The number of aliphatic hydroxyl groups excluding tert-OH is 2. The number of amides is 1. The van der Waals surface area contributed by atoms with Gasteiger partial charge in [0.2, 0.25) is 0 Å². The van der Waals surface area contributed by atoms with E-state index in [9.17, 15) is 15.0 Å². The Labute approximate surface area is 170 Å². The van der Waals surface area contributed by atoms with Crippen molar-refractivity contribution in [2.75, 3.05) is 18.0 Å². The number of hydrogen-bond donors (Lipinski definition) is 2. The topological polar surface area (TPSA) is 82.5 Å². The molecule has 3 atom stereocenters. The molecule has 4 rings (SSSR count). The molecule has 1 amide bonds. The second-order valence-electron chi connectivity index (χ2n) is 8.42. The van der Waals surface area contributed by atoms with Crippen LogP contribution in [0.2, 0.25) is 0 Å². The van der Waals surface area contributed by atoms with Gasteiger partial charge in [0.25, 0.3) is 0 Å². The molecule has 2 aromatic rings. The maximum Gasteiger partial charge on any atom is 0.410 e. The summed E-state index contributed by atoms with van der Waals surface area (Å²) in [7, 11) is 0. The SMILES string of the molecule is CC(C)(C)OC(=O)N1C[C@H](O)[C@H](O)[C@@H](N2c3ccccc3Oc3ccccc32)C1. The monoisotopic (exact) mass is 398 g/mol. The molecule has 154 valence electrons. The van der Waals surface area contributed by atoms with Crippen LogP contribution >= 0.6 is 0 Å². The zero-order valence-electron chi connectivity index (χ0n) is 16.8. The summed E-state index contributed by atoms with van der Waals surface area (Å²) in [6.45, 7) is 5.61. The number of carbonyl (C=O) groups excluding carboxylic acids is 1. The number of benzene rings is 2. The first kappa shape index (κ1) is 19.5. The number of hydrogen-bond acceptors (Lipinski definition) is 6. The van der Waals surface area contributed by atoms with Crippen molar-refractivity contribution < 1.29 is 24.5 Å². The quantitative estimate of drug-likeness (QED) is 0.767. The zero-order valence-corrected chi connectivity index (χ0v) is 16.8. The molecule has 2 heterocycles. The number of fused-ring (bicyclic) bond motifs is 2. The van der Waals surface area contributed by atoms with Gasteiger partial charge in [0.1, 0.15) is 11.7 Å². The van der Waals surface area contributed by atoms with E-state index in [1.165, 1.54) is 4.90 Å². The molecular weight excluding hydrogens is 372 g/mol. The summed E-state index contributed by atoms with van der Waals surface area (Å²) in [6.07, 6.45) is -2.65. The van der Waals surface area contributed by atoms with E-state index >= 15 is 0 Å². The molecule has 0 aliphatic carbocycles. The molecule has 2 aliphatic rings. The zero-order chi connectivity index (χ0) is 20.8. The smallest absolute Gasteiger partial charge is 0.410 e. The Morgan fingerprint density at radius 3 is 2.10 bits per heavy atom. The minimum atomic E-state index is -1.09. The van der Waals surface area contributed by atoms with E-state index < -0.39 is 29.9 Å². The van der Waals surface area contributed by atoms with Gasteiger partial charge in [-0.2, -0.15) is 0 Å². The van der Waals surface area contributed by atoms with Crippen molar-refractivity contribution >= 4 is 17.5 Å². The first-order valence-corrected chi connectivity index (χ1v) is 9.74. The standard InChI is InChI=1S/C22H26N2O5/c1-22(2,3)29-21(27)23-12-16(20(26)17(25)13-23)24-14-8-4-6-10-18(14)28-19-11-7-5-9-15(19)24/h4-11,16-17,20,25-26H,12-13H2,1-3H3/t16-,17-,20+/m0/s1. The van der Waals surface area contributed by atoms with Crippen molar-refractivity contribution in [1.29, 1.82) is 0 Å². The van der Waals surface area contributed by atoms with Gasteiger partial charge in [-0.15, -0.1) is 0 Å². The number of β-amino-alcohol motifs (C(OH)–C–C–N with tert-alkyl or cyclic N) is 1. The molecule has 0 aromatic heterocycles. The number of rotatable bonds is 1. The lowest BCUT2D eigenvalue weighted by molar-refractivity contribution is -0.0563. The molecule has 29 heavy (non-hydrogen) atoms. The van der Waals surface area contributed by atoms with Gasteiger partial charge >= 0.3 is 6.09 Å². The first-order chi connectivity index (χ1) is 13.7. The minimum Gasteiger partial charge on any atom is -0.453 e. The van der Waals surface area contributed by atoms with Gasteiger partial charge in [-0.3, -0.25) is 0 Å². The van der Waals surface area contributed by atoms with Crippen molar-refractivity contribution in [2.24, 2.45) is 0 Å². The Kier molecular flexibility index (Phi) is 4.88. The Morgan fingerprint density at radius 1 is 1.00 bits per heavy atom. The van der Waals surface area contributed by atoms with Gasteiger partial charge < -0.3 is 29.5 Å². The second kappa shape index (κ2) is 7.24. The molecule has 2 N–H and O–H groups in total. The fourth-order valence-electron chi connectivity index (χ4n) is 3.80. The van der Waals surface area contributed by atoms with Crippen LogP contribution in [0.4, 0.5) is 16.2 Å². The molecule has 2 aliphatic heterocycles. The average Bonchev–Trinajstić information content (AvgIpc) is 2.67. The fraction of sp³-hybridized carbons (Fsp3) is 0.409. The summed E-state index contributed by atoms with van der Waals surface area (Å²) in [5.41, 5.74) is 0.896. The maximum atomic E-state index is 12.7. The number of anilines is 2. The highest BCUT2D eigenvalue weighted by atomic mass is 16.6. The maximum absolute atomic E-state index is 12.7.